The lowest BCUT2D eigenvalue weighted by Crippen LogP contribution is -2.34. The fourth-order valence-electron chi connectivity index (χ4n) is 10.0. The minimum absolute atomic E-state index is 0.352. The molecule has 3 aliphatic heterocycles. The highest BCUT2D eigenvalue weighted by atomic mass is 32.2. The van der Waals surface area contributed by atoms with Gasteiger partial charge in [-0.3, -0.25) is 0 Å². The smallest absolute Gasteiger partial charge is 0.168 e. The fourth-order valence-corrected chi connectivity index (χ4v) is 20.0. The molecule has 0 radical (unpaired) electrons. The standard InChI is InChI=1S/C64H100O13S6/c1-55(2,3)72-31-25-61(26-32-73-56(4,5)6)78-43-37-40(66-19)49(69-22)46(52(43)81-61)64(65,47-50(70-23)41(67-20)38-44-53(47)82-62(79-44,27-33-74-57(7,8)9)28-34-75-58(10,11)12)48-51(71-24)42(68-21)39-45-54(48)83-63(80-45,29-35-76-59(13,14)15)30-36-77-60(16,17)18/h37-39,65H,25-36H2,1-24H3. The molecule has 3 aromatic rings. The van der Waals surface area contributed by atoms with E-state index in [1.54, 1.807) is 113 Å². The van der Waals surface area contributed by atoms with E-state index in [2.05, 4.69) is 125 Å². The quantitative estimate of drug-likeness (QED) is 0.0726. The van der Waals surface area contributed by atoms with Crippen LogP contribution in [-0.2, 0) is 34.0 Å². The van der Waals surface area contributed by atoms with Crippen LogP contribution in [0.1, 0.15) is 180 Å². The van der Waals surface area contributed by atoms with Crippen LogP contribution in [0.2, 0.25) is 0 Å². The SMILES string of the molecule is COc1cc2c(c(C(O)(c3c(OC)c(OC)cc4c3SC(CCOC(C)(C)C)(CCOC(C)(C)C)S4)c3c(OC)c(OC)cc4c3SC(CCOC(C)(C)C)(CCOC(C)(C)C)S4)c1OC)SC(CCOC(C)(C)C)(CCOC(C)(C)C)S2. The average Bonchev–Trinajstić information content (AvgIpc) is 4.04. The van der Waals surface area contributed by atoms with Crippen molar-refractivity contribution < 1.29 is 61.9 Å². The highest BCUT2D eigenvalue weighted by molar-refractivity contribution is 8.21. The van der Waals surface area contributed by atoms with Gasteiger partial charge in [-0.05, 0) is 181 Å². The van der Waals surface area contributed by atoms with Crippen molar-refractivity contribution in [3.63, 3.8) is 0 Å². The molecule has 0 saturated heterocycles. The summed E-state index contributed by atoms with van der Waals surface area (Å²) in [5.41, 5.74) is -3.07. The van der Waals surface area contributed by atoms with Gasteiger partial charge < -0.3 is 61.9 Å². The lowest BCUT2D eigenvalue weighted by atomic mass is 9.78. The van der Waals surface area contributed by atoms with Gasteiger partial charge in [-0.1, -0.05) is 0 Å². The van der Waals surface area contributed by atoms with Crippen molar-refractivity contribution in [2.45, 2.75) is 244 Å². The number of aliphatic hydroxyl groups is 1. The molecular formula is C64H100O13S6. The largest absolute Gasteiger partial charge is 0.493 e. The van der Waals surface area contributed by atoms with E-state index in [4.69, 9.17) is 56.8 Å². The average molecular weight is 1270 g/mol. The summed E-state index contributed by atoms with van der Waals surface area (Å²) < 4.78 is 77.2. The van der Waals surface area contributed by atoms with E-state index in [0.717, 1.165) is 29.4 Å². The third-order valence-corrected chi connectivity index (χ3v) is 23.8. The Balaban J connectivity index is 1.80. The van der Waals surface area contributed by atoms with Gasteiger partial charge in [0.15, 0.2) is 40.1 Å². The number of fused-ring (bicyclic) bond motifs is 3. The second kappa shape index (κ2) is 27.2. The summed E-state index contributed by atoms with van der Waals surface area (Å²) in [6, 6.07) is 6.15. The van der Waals surface area contributed by atoms with Crippen LogP contribution >= 0.6 is 70.6 Å². The van der Waals surface area contributed by atoms with E-state index in [1.807, 2.05) is 18.2 Å². The molecule has 0 fully saturated rings. The zero-order valence-corrected chi connectivity index (χ0v) is 59.4. The predicted octanol–water partition coefficient (Wildman–Crippen LogP) is 16.9. The Morgan fingerprint density at radius 1 is 0.313 bits per heavy atom. The summed E-state index contributed by atoms with van der Waals surface area (Å²) in [6.45, 7) is 40.4. The normalized spacial score (nSPS) is 16.9. The molecule has 3 aromatic carbocycles. The Labute approximate surface area is 524 Å². The van der Waals surface area contributed by atoms with Crippen LogP contribution in [0.25, 0.3) is 0 Å². The first kappa shape index (κ1) is 70.4. The maximum absolute atomic E-state index is 16.0. The Morgan fingerprint density at radius 3 is 0.663 bits per heavy atom. The number of hydrogen-bond donors (Lipinski definition) is 1. The maximum atomic E-state index is 16.0. The molecule has 3 heterocycles. The first-order valence-corrected chi connectivity index (χ1v) is 33.8. The van der Waals surface area contributed by atoms with Crippen LogP contribution in [0, 0.1) is 0 Å². The predicted molar refractivity (Wildman–Crippen MR) is 346 cm³/mol. The van der Waals surface area contributed by atoms with Gasteiger partial charge in [0.1, 0.15) is 0 Å². The molecule has 0 unspecified atom stereocenters. The van der Waals surface area contributed by atoms with Gasteiger partial charge in [0.25, 0.3) is 0 Å². The molecule has 83 heavy (non-hydrogen) atoms. The molecule has 1 N–H and O–H groups in total. The molecule has 470 valence electrons. The van der Waals surface area contributed by atoms with E-state index in [0.29, 0.717) is 129 Å². The number of rotatable bonds is 27. The summed E-state index contributed by atoms with van der Waals surface area (Å²) >= 11 is 10.4. The minimum Gasteiger partial charge on any atom is -0.493 e. The van der Waals surface area contributed by atoms with Gasteiger partial charge in [0.05, 0.1) is 105 Å². The minimum atomic E-state index is -2.22. The highest BCUT2D eigenvalue weighted by Gasteiger charge is 2.57. The Kier molecular flexibility index (Phi) is 23.0. The molecule has 19 heteroatoms. The van der Waals surface area contributed by atoms with E-state index in [-0.39, 0.29) is 33.6 Å². The summed E-state index contributed by atoms with van der Waals surface area (Å²) in [4.78, 5) is 5.19. The van der Waals surface area contributed by atoms with Gasteiger partial charge in [0.2, 0.25) is 0 Å². The number of benzene rings is 3. The molecule has 0 atom stereocenters. The Bertz CT molecular complexity index is 2340. The number of ether oxygens (including phenoxy) is 12. The first-order valence-electron chi connectivity index (χ1n) is 28.9. The van der Waals surface area contributed by atoms with Crippen molar-refractivity contribution in [3.8, 4) is 34.5 Å². The summed E-state index contributed by atoms with van der Waals surface area (Å²) in [5, 5.41) is 16.0. The zero-order valence-electron chi connectivity index (χ0n) is 54.5. The molecule has 0 aliphatic carbocycles. The number of hydrogen-bond acceptors (Lipinski definition) is 19. The molecule has 0 bridgehead atoms. The van der Waals surface area contributed by atoms with Crippen LogP contribution in [-0.4, -0.2) is 133 Å². The third-order valence-electron chi connectivity index (χ3n) is 13.7. The molecular weight excluding hydrogens is 1170 g/mol. The van der Waals surface area contributed by atoms with E-state index in [9.17, 15) is 0 Å². The van der Waals surface area contributed by atoms with E-state index < -0.39 is 17.8 Å². The molecule has 13 nitrogen and oxygen atoms in total. The lowest BCUT2D eigenvalue weighted by Gasteiger charge is -2.38. The van der Waals surface area contributed by atoms with Crippen LogP contribution in [0.4, 0.5) is 0 Å². The second-order valence-electron chi connectivity index (χ2n) is 27.3. The Hall–Kier alpha value is -1.72. The van der Waals surface area contributed by atoms with Crippen molar-refractivity contribution in [2.75, 3.05) is 82.3 Å². The fraction of sp³-hybridized carbons (Fsp3) is 0.719. The van der Waals surface area contributed by atoms with Crippen LogP contribution in [0.5, 0.6) is 34.5 Å². The molecule has 0 saturated carbocycles. The number of methoxy groups -OCH3 is 6. The highest BCUT2D eigenvalue weighted by Crippen LogP contribution is 2.72. The first-order chi connectivity index (χ1) is 38.3. The summed E-state index contributed by atoms with van der Waals surface area (Å²) in [5.74, 6) is 2.40. The van der Waals surface area contributed by atoms with Crippen LogP contribution in [0.15, 0.2) is 47.6 Å². The van der Waals surface area contributed by atoms with Crippen molar-refractivity contribution in [1.82, 2.24) is 0 Å². The van der Waals surface area contributed by atoms with Gasteiger partial charge >= 0.3 is 0 Å². The maximum Gasteiger partial charge on any atom is 0.168 e. The Morgan fingerprint density at radius 2 is 0.506 bits per heavy atom. The van der Waals surface area contributed by atoms with Crippen molar-refractivity contribution in [2.24, 2.45) is 0 Å². The monoisotopic (exact) mass is 1270 g/mol. The number of thioether (sulfide) groups is 6. The molecule has 0 amide bonds. The lowest BCUT2D eigenvalue weighted by molar-refractivity contribution is -0.0149. The van der Waals surface area contributed by atoms with Crippen molar-refractivity contribution >= 4 is 70.6 Å². The van der Waals surface area contributed by atoms with Crippen LogP contribution < -0.4 is 28.4 Å². The second-order valence-corrected chi connectivity index (χ2v) is 36.5. The molecule has 0 aromatic heterocycles. The van der Waals surface area contributed by atoms with Crippen LogP contribution in [0.3, 0.4) is 0 Å². The summed E-state index contributed by atoms with van der Waals surface area (Å²) in [7, 11) is 9.87. The molecule has 6 rings (SSSR count). The van der Waals surface area contributed by atoms with E-state index in [1.165, 1.54) is 0 Å². The van der Waals surface area contributed by atoms with Gasteiger partial charge in [0, 0.05) is 69.0 Å². The van der Waals surface area contributed by atoms with Crippen molar-refractivity contribution in [1.29, 1.82) is 0 Å². The molecule has 3 aliphatic rings. The van der Waals surface area contributed by atoms with Crippen molar-refractivity contribution in [3.05, 3.63) is 34.9 Å². The van der Waals surface area contributed by atoms with E-state index >= 15 is 5.11 Å². The topological polar surface area (TPSA) is 131 Å². The van der Waals surface area contributed by atoms with Gasteiger partial charge in [-0.15, -0.1) is 70.6 Å². The zero-order chi connectivity index (χ0) is 62.0. The van der Waals surface area contributed by atoms with Gasteiger partial charge in [-0.25, -0.2) is 0 Å². The molecule has 0 spiro atoms. The third kappa shape index (κ3) is 17.8. The van der Waals surface area contributed by atoms with Gasteiger partial charge in [-0.2, -0.15) is 0 Å². The summed E-state index contributed by atoms with van der Waals surface area (Å²) in [6.07, 6.45) is 3.94.